The summed E-state index contributed by atoms with van der Waals surface area (Å²) in [6, 6.07) is 12.7. The summed E-state index contributed by atoms with van der Waals surface area (Å²) in [6.07, 6.45) is 2.93. The first-order chi connectivity index (χ1) is 13.8. The highest BCUT2D eigenvalue weighted by atomic mass is 16.5. The SMILES string of the molecule is O=C([O-])/C=C/C(=O)Nc1ccc(Oc2ccc(NC(=O)/C=C/C(=O)[O-])cc2)cc1. The van der Waals surface area contributed by atoms with Crippen LogP contribution in [0.4, 0.5) is 11.4 Å². The van der Waals surface area contributed by atoms with Gasteiger partial charge in [-0.05, 0) is 60.7 Å². The molecule has 0 heterocycles. The van der Waals surface area contributed by atoms with E-state index < -0.39 is 23.8 Å². The number of carbonyl (C=O) groups excluding carboxylic acids is 4. The van der Waals surface area contributed by atoms with Gasteiger partial charge >= 0.3 is 0 Å². The summed E-state index contributed by atoms with van der Waals surface area (Å²) in [4.78, 5) is 43.5. The lowest BCUT2D eigenvalue weighted by molar-refractivity contribution is -0.298. The van der Waals surface area contributed by atoms with Crippen molar-refractivity contribution in [1.29, 1.82) is 0 Å². The maximum Gasteiger partial charge on any atom is 0.248 e. The van der Waals surface area contributed by atoms with Crippen LogP contribution < -0.4 is 25.6 Å². The Labute approximate surface area is 164 Å². The number of aliphatic carboxylic acids is 2. The van der Waals surface area contributed by atoms with Crippen molar-refractivity contribution < 1.29 is 34.1 Å². The molecule has 2 aromatic carbocycles. The Balaban J connectivity index is 1.91. The molecule has 148 valence electrons. The van der Waals surface area contributed by atoms with E-state index >= 15 is 0 Å². The lowest BCUT2D eigenvalue weighted by atomic mass is 10.2. The van der Waals surface area contributed by atoms with Gasteiger partial charge in [0.1, 0.15) is 11.5 Å². The van der Waals surface area contributed by atoms with E-state index in [1.807, 2.05) is 0 Å². The van der Waals surface area contributed by atoms with Crippen LogP contribution in [0.25, 0.3) is 0 Å². The fraction of sp³-hybridized carbons (Fsp3) is 0. The Bertz CT molecular complexity index is 882. The van der Waals surface area contributed by atoms with Crippen LogP contribution in [0.3, 0.4) is 0 Å². The number of anilines is 2. The highest BCUT2D eigenvalue weighted by Gasteiger charge is 2.02. The zero-order valence-electron chi connectivity index (χ0n) is 14.8. The molecule has 0 aromatic heterocycles. The normalized spacial score (nSPS) is 10.6. The summed E-state index contributed by atoms with van der Waals surface area (Å²) in [5.41, 5.74) is 0.876. The van der Waals surface area contributed by atoms with Crippen molar-refractivity contribution in [3.05, 3.63) is 72.8 Å². The maximum absolute atomic E-state index is 11.5. The molecule has 0 saturated carbocycles. The number of hydrogen-bond acceptors (Lipinski definition) is 7. The first-order valence-corrected chi connectivity index (χ1v) is 8.10. The minimum atomic E-state index is -1.47. The molecular weight excluding hydrogens is 380 g/mol. The van der Waals surface area contributed by atoms with Crippen LogP contribution in [-0.2, 0) is 19.2 Å². The topological polar surface area (TPSA) is 148 Å². The Morgan fingerprint density at radius 3 is 1.28 bits per heavy atom. The smallest absolute Gasteiger partial charge is 0.248 e. The predicted molar refractivity (Wildman–Crippen MR) is 98.5 cm³/mol. The van der Waals surface area contributed by atoms with Gasteiger partial charge in [-0.15, -0.1) is 0 Å². The van der Waals surface area contributed by atoms with Gasteiger partial charge in [0, 0.05) is 23.5 Å². The van der Waals surface area contributed by atoms with Gasteiger partial charge in [0.25, 0.3) is 0 Å². The van der Waals surface area contributed by atoms with Gasteiger partial charge in [-0.2, -0.15) is 0 Å². The largest absolute Gasteiger partial charge is 0.545 e. The standard InChI is InChI=1S/C20H16N2O7/c23-17(9-11-19(25)26)21-13-1-5-15(6-2-13)29-16-7-3-14(4-8-16)22-18(24)10-12-20(27)28/h1-12H,(H,21,23)(H,22,24)(H,25,26)(H,27,28)/p-2/b11-9+,12-10+. The van der Waals surface area contributed by atoms with Crippen molar-refractivity contribution in [2.24, 2.45) is 0 Å². The second kappa shape index (κ2) is 10.1. The highest BCUT2D eigenvalue weighted by Crippen LogP contribution is 2.24. The highest BCUT2D eigenvalue weighted by molar-refractivity contribution is 6.02. The van der Waals surface area contributed by atoms with E-state index in [2.05, 4.69) is 10.6 Å². The van der Waals surface area contributed by atoms with Crippen LogP contribution in [0.5, 0.6) is 11.5 Å². The van der Waals surface area contributed by atoms with Crippen molar-refractivity contribution in [2.75, 3.05) is 10.6 Å². The van der Waals surface area contributed by atoms with Crippen LogP contribution in [0.2, 0.25) is 0 Å². The minimum Gasteiger partial charge on any atom is -0.545 e. The number of rotatable bonds is 8. The van der Waals surface area contributed by atoms with Crippen molar-refractivity contribution in [1.82, 2.24) is 0 Å². The molecule has 0 saturated heterocycles. The van der Waals surface area contributed by atoms with Crippen LogP contribution in [0.1, 0.15) is 0 Å². The zero-order chi connectivity index (χ0) is 21.2. The first kappa shape index (κ1) is 20.9. The molecule has 2 amide bonds. The Kier molecular flexibility index (Phi) is 7.26. The molecule has 29 heavy (non-hydrogen) atoms. The molecule has 2 rings (SSSR count). The van der Waals surface area contributed by atoms with E-state index in [9.17, 15) is 29.4 Å². The second-order valence-electron chi connectivity index (χ2n) is 5.43. The summed E-state index contributed by atoms with van der Waals surface area (Å²) >= 11 is 0. The Hall–Kier alpha value is -4.40. The number of carbonyl (C=O) groups is 4. The lowest BCUT2D eigenvalue weighted by Gasteiger charge is -2.08. The van der Waals surface area contributed by atoms with Gasteiger partial charge < -0.3 is 35.2 Å². The van der Waals surface area contributed by atoms with Crippen molar-refractivity contribution in [2.45, 2.75) is 0 Å². The van der Waals surface area contributed by atoms with Gasteiger partial charge in [0.05, 0.1) is 11.9 Å². The van der Waals surface area contributed by atoms with E-state index in [-0.39, 0.29) is 0 Å². The maximum atomic E-state index is 11.5. The number of carboxylic acid groups (broad SMARTS) is 2. The number of carboxylic acids is 2. The van der Waals surface area contributed by atoms with Gasteiger partial charge in [-0.25, -0.2) is 0 Å². The quantitative estimate of drug-likeness (QED) is 0.597. The molecule has 2 N–H and O–H groups in total. The summed E-state index contributed by atoms with van der Waals surface area (Å²) < 4.78 is 5.63. The van der Waals surface area contributed by atoms with Gasteiger partial charge in [0.2, 0.25) is 11.8 Å². The summed E-state index contributed by atoms with van der Waals surface area (Å²) in [6.45, 7) is 0. The van der Waals surface area contributed by atoms with Gasteiger partial charge in [-0.3, -0.25) is 9.59 Å². The number of hydrogen-bond donors (Lipinski definition) is 2. The molecule has 9 heteroatoms. The molecule has 2 aromatic rings. The molecule has 0 spiro atoms. The van der Waals surface area contributed by atoms with Crippen LogP contribution in [-0.4, -0.2) is 23.8 Å². The molecule has 0 bridgehead atoms. The molecule has 9 nitrogen and oxygen atoms in total. The molecule has 0 aliphatic heterocycles. The van der Waals surface area contributed by atoms with Crippen molar-refractivity contribution >= 4 is 35.1 Å². The fourth-order valence-corrected chi connectivity index (χ4v) is 2.00. The molecule has 0 atom stereocenters. The molecule has 0 aliphatic rings. The second-order valence-corrected chi connectivity index (χ2v) is 5.43. The predicted octanol–water partition coefficient (Wildman–Crippen LogP) is -0.0319. The zero-order valence-corrected chi connectivity index (χ0v) is 14.8. The molecular formula is C20H14N2O7-2. The summed E-state index contributed by atoms with van der Waals surface area (Å²) in [7, 11) is 0. The number of benzene rings is 2. The third kappa shape index (κ3) is 7.79. The molecule has 0 radical (unpaired) electrons. The average molecular weight is 394 g/mol. The number of amides is 2. The first-order valence-electron chi connectivity index (χ1n) is 8.10. The Morgan fingerprint density at radius 2 is 0.966 bits per heavy atom. The summed E-state index contributed by atoms with van der Waals surface area (Å²) in [5, 5.41) is 25.5. The van der Waals surface area contributed by atoms with Gasteiger partial charge in [-0.1, -0.05) is 0 Å². The van der Waals surface area contributed by atoms with Crippen molar-refractivity contribution in [3.8, 4) is 11.5 Å². The fourth-order valence-electron chi connectivity index (χ4n) is 2.00. The Morgan fingerprint density at radius 1 is 0.621 bits per heavy atom. The number of ether oxygens (including phenoxy) is 1. The molecule has 0 unspecified atom stereocenters. The van der Waals surface area contributed by atoms with E-state index in [4.69, 9.17) is 4.74 Å². The molecule has 0 aliphatic carbocycles. The van der Waals surface area contributed by atoms with Crippen molar-refractivity contribution in [3.63, 3.8) is 0 Å². The third-order valence-corrected chi connectivity index (χ3v) is 3.22. The van der Waals surface area contributed by atoms with E-state index in [0.29, 0.717) is 35.0 Å². The molecule has 0 fully saturated rings. The van der Waals surface area contributed by atoms with Crippen LogP contribution in [0, 0.1) is 0 Å². The van der Waals surface area contributed by atoms with E-state index in [1.165, 1.54) is 0 Å². The van der Waals surface area contributed by atoms with E-state index in [1.54, 1.807) is 48.5 Å². The van der Waals surface area contributed by atoms with Gasteiger partial charge in [0.15, 0.2) is 0 Å². The number of nitrogens with one attached hydrogen (secondary N) is 2. The monoisotopic (exact) mass is 394 g/mol. The third-order valence-electron chi connectivity index (χ3n) is 3.22. The summed E-state index contributed by atoms with van der Waals surface area (Å²) in [5.74, 6) is -3.22. The van der Waals surface area contributed by atoms with Crippen LogP contribution in [0.15, 0.2) is 72.8 Å². The van der Waals surface area contributed by atoms with E-state index in [0.717, 1.165) is 12.2 Å². The lowest BCUT2D eigenvalue weighted by Crippen LogP contribution is -2.20. The average Bonchev–Trinajstić information content (AvgIpc) is 2.68. The minimum absolute atomic E-state index is 0.438. The van der Waals surface area contributed by atoms with Crippen LogP contribution >= 0.6 is 0 Å².